The smallest absolute Gasteiger partial charge is 0.329 e. The number of nitrogens with two attached hydrogens (primary N) is 2. The van der Waals surface area contributed by atoms with E-state index in [1.807, 2.05) is 99.6 Å². The Morgan fingerprint density at radius 3 is 2.23 bits per heavy atom. The van der Waals surface area contributed by atoms with E-state index in [9.17, 15) is 9.59 Å². The fourth-order valence-corrected chi connectivity index (χ4v) is 4.50. The van der Waals surface area contributed by atoms with Crippen LogP contribution in [0.15, 0.2) is 84.0 Å². The summed E-state index contributed by atoms with van der Waals surface area (Å²) in [6, 6.07) is 24.4. The van der Waals surface area contributed by atoms with Crippen LogP contribution in [0.5, 0.6) is 0 Å². The highest BCUT2D eigenvalue weighted by atomic mass is 16.5. The zero-order chi connectivity index (χ0) is 28.2. The number of hydrazine groups is 1. The van der Waals surface area contributed by atoms with Gasteiger partial charge in [0, 0.05) is 18.5 Å². The molecule has 0 saturated carbocycles. The van der Waals surface area contributed by atoms with Crippen LogP contribution in [-0.4, -0.2) is 28.7 Å². The lowest BCUT2D eigenvalue weighted by molar-refractivity contribution is -0.159. The summed E-state index contributed by atoms with van der Waals surface area (Å²) in [5.74, 6) is 10.9. The predicted octanol–water partition coefficient (Wildman–Crippen LogP) is 4.72. The van der Waals surface area contributed by atoms with Crippen LogP contribution in [0.25, 0.3) is 11.1 Å². The molecule has 8 nitrogen and oxygen atoms in total. The number of hydrogen-bond acceptors (Lipinski definition) is 6. The van der Waals surface area contributed by atoms with Crippen LogP contribution in [0.2, 0.25) is 0 Å². The first-order chi connectivity index (χ1) is 18.9. The van der Waals surface area contributed by atoms with E-state index in [1.54, 1.807) is 4.90 Å². The van der Waals surface area contributed by atoms with Crippen molar-refractivity contribution in [2.24, 2.45) is 22.7 Å². The number of benzene rings is 3. The Labute approximate surface area is 231 Å². The van der Waals surface area contributed by atoms with Crippen molar-refractivity contribution in [2.45, 2.75) is 59.2 Å². The third kappa shape index (κ3) is 7.91. The number of hydrazone groups is 1. The molecule has 0 heterocycles. The van der Waals surface area contributed by atoms with E-state index in [0.29, 0.717) is 18.8 Å². The molecule has 39 heavy (non-hydrogen) atoms. The number of ether oxygens (including phenoxy) is 1. The molecule has 3 aromatic rings. The van der Waals surface area contributed by atoms with Gasteiger partial charge < -0.3 is 20.9 Å². The molecule has 0 bridgehead atoms. The average molecular weight is 530 g/mol. The fourth-order valence-electron chi connectivity index (χ4n) is 4.50. The molecule has 1 amide bonds. The quantitative estimate of drug-likeness (QED) is 0.103. The van der Waals surface area contributed by atoms with Gasteiger partial charge in [0.05, 0.1) is 0 Å². The van der Waals surface area contributed by atoms with Gasteiger partial charge in [-0.2, -0.15) is 5.10 Å². The Hall–Kier alpha value is -4.17. The Balaban J connectivity index is 1.86. The van der Waals surface area contributed by atoms with Crippen LogP contribution in [0.4, 0.5) is 0 Å². The van der Waals surface area contributed by atoms with E-state index >= 15 is 0 Å². The standard InChI is InChI=1S/C31H39N5O3/c1-4-5-15-28(37)36(29(22(2)3)31(38)39-21-24-11-7-6-8-12-24)20-23-16-18-25(19-17-23)26-13-9-10-14-27(26)30(34-32)35-33/h6-14,16-19,22,29H,4-5,15,20-21,32-33H2,1-3H3,(H,34,35). The third-order valence-electron chi connectivity index (χ3n) is 6.56. The van der Waals surface area contributed by atoms with E-state index in [4.69, 9.17) is 16.4 Å². The van der Waals surface area contributed by atoms with Crippen molar-refractivity contribution in [1.82, 2.24) is 10.3 Å². The van der Waals surface area contributed by atoms with Crippen molar-refractivity contribution < 1.29 is 14.3 Å². The number of carbonyl (C=O) groups is 2. The molecule has 3 aromatic carbocycles. The fraction of sp³-hybridized carbons (Fsp3) is 0.323. The van der Waals surface area contributed by atoms with Crippen LogP contribution in [-0.2, 0) is 27.5 Å². The maximum absolute atomic E-state index is 13.4. The van der Waals surface area contributed by atoms with Crippen LogP contribution in [0.1, 0.15) is 56.7 Å². The molecule has 206 valence electrons. The van der Waals surface area contributed by atoms with Crippen molar-refractivity contribution in [3.63, 3.8) is 0 Å². The molecule has 0 aromatic heterocycles. The molecule has 0 saturated heterocycles. The molecule has 0 aliphatic rings. The van der Waals surface area contributed by atoms with Crippen LogP contribution in [0, 0.1) is 5.92 Å². The second-order valence-corrected chi connectivity index (χ2v) is 9.77. The Morgan fingerprint density at radius 2 is 1.62 bits per heavy atom. The monoisotopic (exact) mass is 529 g/mol. The summed E-state index contributed by atoms with van der Waals surface area (Å²) in [6.45, 7) is 6.39. The molecular formula is C31H39N5O3. The second kappa shape index (κ2) is 14.7. The molecule has 0 spiro atoms. The molecule has 0 aliphatic carbocycles. The summed E-state index contributed by atoms with van der Waals surface area (Å²) in [6.07, 6.45) is 2.03. The minimum absolute atomic E-state index is 0.0561. The molecule has 1 unspecified atom stereocenters. The van der Waals surface area contributed by atoms with E-state index in [-0.39, 0.29) is 18.4 Å². The van der Waals surface area contributed by atoms with Gasteiger partial charge in [0.2, 0.25) is 5.91 Å². The molecule has 0 radical (unpaired) electrons. The lowest BCUT2D eigenvalue weighted by atomic mass is 9.97. The lowest BCUT2D eigenvalue weighted by Gasteiger charge is -2.33. The van der Waals surface area contributed by atoms with E-state index in [0.717, 1.165) is 40.7 Å². The SMILES string of the molecule is CCCCC(=O)N(Cc1ccc(-c2ccccc2/C(=N/N)NN)cc1)C(C(=O)OCc1ccccc1)C(C)C. The summed E-state index contributed by atoms with van der Waals surface area (Å²) in [5, 5.41) is 3.74. The highest BCUT2D eigenvalue weighted by molar-refractivity contribution is 6.04. The van der Waals surface area contributed by atoms with E-state index < -0.39 is 12.0 Å². The van der Waals surface area contributed by atoms with Gasteiger partial charge in [-0.05, 0) is 34.6 Å². The maximum atomic E-state index is 13.4. The average Bonchev–Trinajstić information content (AvgIpc) is 2.96. The van der Waals surface area contributed by atoms with Crippen molar-refractivity contribution in [3.8, 4) is 11.1 Å². The van der Waals surface area contributed by atoms with Gasteiger partial charge in [0.15, 0.2) is 5.84 Å². The van der Waals surface area contributed by atoms with Crippen molar-refractivity contribution in [1.29, 1.82) is 0 Å². The van der Waals surface area contributed by atoms with Crippen molar-refractivity contribution in [2.75, 3.05) is 0 Å². The van der Waals surface area contributed by atoms with Crippen molar-refractivity contribution in [3.05, 3.63) is 95.6 Å². The molecular weight excluding hydrogens is 490 g/mol. The van der Waals surface area contributed by atoms with Crippen LogP contribution in [0.3, 0.4) is 0 Å². The van der Waals surface area contributed by atoms with Crippen molar-refractivity contribution >= 4 is 17.7 Å². The van der Waals surface area contributed by atoms with Gasteiger partial charge in [0.1, 0.15) is 12.6 Å². The Morgan fingerprint density at radius 1 is 0.949 bits per heavy atom. The number of amidine groups is 1. The number of unbranched alkanes of at least 4 members (excludes halogenated alkanes) is 1. The normalized spacial score (nSPS) is 12.2. The summed E-state index contributed by atoms with van der Waals surface area (Å²) in [4.78, 5) is 28.4. The van der Waals surface area contributed by atoms with E-state index in [2.05, 4.69) is 10.5 Å². The molecule has 1 atom stereocenters. The Bertz CT molecular complexity index is 1240. The molecule has 0 fully saturated rings. The first-order valence-electron chi connectivity index (χ1n) is 13.3. The number of hydrogen-bond donors (Lipinski definition) is 3. The number of rotatable bonds is 12. The first kappa shape index (κ1) is 29.4. The zero-order valence-electron chi connectivity index (χ0n) is 23.0. The summed E-state index contributed by atoms with van der Waals surface area (Å²) in [7, 11) is 0. The largest absolute Gasteiger partial charge is 0.459 e. The number of esters is 1. The highest BCUT2D eigenvalue weighted by Crippen LogP contribution is 2.26. The Kier molecular flexibility index (Phi) is 11.1. The molecule has 5 N–H and O–H groups in total. The van der Waals surface area contributed by atoms with Gasteiger partial charge in [-0.25, -0.2) is 10.6 Å². The minimum Gasteiger partial charge on any atom is -0.459 e. The van der Waals surface area contributed by atoms with Gasteiger partial charge in [-0.15, -0.1) is 0 Å². The predicted molar refractivity (Wildman–Crippen MR) is 155 cm³/mol. The maximum Gasteiger partial charge on any atom is 0.329 e. The van der Waals surface area contributed by atoms with Crippen LogP contribution >= 0.6 is 0 Å². The molecule has 3 rings (SSSR count). The molecule has 0 aliphatic heterocycles. The van der Waals surface area contributed by atoms with Gasteiger partial charge in [0.25, 0.3) is 0 Å². The number of carbonyl (C=O) groups excluding carboxylic acids is 2. The zero-order valence-corrected chi connectivity index (χ0v) is 23.0. The summed E-state index contributed by atoms with van der Waals surface area (Å²) < 4.78 is 5.69. The van der Waals surface area contributed by atoms with Gasteiger partial charge >= 0.3 is 5.97 Å². The number of nitrogens with one attached hydrogen (secondary N) is 1. The lowest BCUT2D eigenvalue weighted by Crippen LogP contribution is -2.48. The van der Waals surface area contributed by atoms with E-state index in [1.165, 1.54) is 0 Å². The number of nitrogens with zero attached hydrogens (tertiary/aromatic N) is 2. The van der Waals surface area contributed by atoms with Gasteiger partial charge in [-0.3, -0.25) is 4.79 Å². The second-order valence-electron chi connectivity index (χ2n) is 9.77. The minimum atomic E-state index is -0.697. The number of amides is 1. The topological polar surface area (TPSA) is 123 Å². The van der Waals surface area contributed by atoms with Gasteiger partial charge in [-0.1, -0.05) is 106 Å². The third-order valence-corrected chi connectivity index (χ3v) is 6.56. The summed E-state index contributed by atoms with van der Waals surface area (Å²) >= 11 is 0. The first-order valence-corrected chi connectivity index (χ1v) is 13.3. The van der Waals surface area contributed by atoms with Crippen LogP contribution < -0.4 is 17.1 Å². The molecule has 8 heteroatoms. The summed E-state index contributed by atoms with van der Waals surface area (Å²) in [5.41, 5.74) is 6.97. The highest BCUT2D eigenvalue weighted by Gasteiger charge is 2.33.